The third-order valence-corrected chi connectivity index (χ3v) is 4.91. The first-order valence-corrected chi connectivity index (χ1v) is 9.13. The number of rotatable bonds is 6. The van der Waals surface area contributed by atoms with E-state index in [0.29, 0.717) is 25.4 Å². The number of cyclic esters (lactones) is 1. The van der Waals surface area contributed by atoms with E-state index in [1.165, 1.54) is 0 Å². The van der Waals surface area contributed by atoms with Gasteiger partial charge in [-0.25, -0.2) is 9.69 Å². The number of likely N-dealkylation sites (tertiary alicyclic amines) is 1. The fraction of sp³-hybridized carbons (Fsp3) is 0.286. The first-order chi connectivity index (χ1) is 13.6. The fourth-order valence-corrected chi connectivity index (χ4v) is 3.32. The van der Waals surface area contributed by atoms with Gasteiger partial charge in [0.15, 0.2) is 13.2 Å². The van der Waals surface area contributed by atoms with Crippen molar-refractivity contribution in [2.24, 2.45) is 5.92 Å². The van der Waals surface area contributed by atoms with E-state index in [4.69, 9.17) is 4.74 Å². The van der Waals surface area contributed by atoms with Gasteiger partial charge in [-0.2, -0.15) is 0 Å². The molecule has 2 heterocycles. The van der Waals surface area contributed by atoms with Crippen molar-refractivity contribution < 1.29 is 23.9 Å². The quantitative estimate of drug-likeness (QED) is 0.768. The Morgan fingerprint density at radius 2 is 1.68 bits per heavy atom. The van der Waals surface area contributed by atoms with Crippen molar-refractivity contribution in [1.82, 2.24) is 9.80 Å². The van der Waals surface area contributed by atoms with Crippen LogP contribution in [0, 0.1) is 5.92 Å². The number of amides is 3. The highest BCUT2D eigenvalue weighted by molar-refractivity contribution is 5.97. The van der Waals surface area contributed by atoms with Crippen LogP contribution in [0.5, 0.6) is 5.75 Å². The highest BCUT2D eigenvalue weighted by Crippen LogP contribution is 2.23. The van der Waals surface area contributed by atoms with Crippen LogP contribution in [0.2, 0.25) is 0 Å². The maximum absolute atomic E-state index is 12.2. The Morgan fingerprint density at radius 1 is 1.00 bits per heavy atom. The van der Waals surface area contributed by atoms with Crippen molar-refractivity contribution in [3.05, 3.63) is 54.6 Å². The standard InChI is InChI=1S/C21H20N2O5/c24-19(22-10-15(11-22)12-23-20(25)14-28-21(23)26)13-27-18-8-6-17(7-9-18)16-4-2-1-3-5-16/h1-9,15H,10-14H2. The van der Waals surface area contributed by atoms with Crippen LogP contribution in [0.15, 0.2) is 54.6 Å². The van der Waals surface area contributed by atoms with Gasteiger partial charge in [-0.3, -0.25) is 9.59 Å². The molecule has 0 aromatic heterocycles. The Balaban J connectivity index is 1.22. The lowest BCUT2D eigenvalue weighted by atomic mass is 9.99. The van der Waals surface area contributed by atoms with Crippen molar-refractivity contribution >= 4 is 17.9 Å². The zero-order valence-corrected chi connectivity index (χ0v) is 15.2. The van der Waals surface area contributed by atoms with Gasteiger partial charge in [0.05, 0.1) is 0 Å². The molecular weight excluding hydrogens is 360 g/mol. The lowest BCUT2D eigenvalue weighted by Gasteiger charge is -2.40. The van der Waals surface area contributed by atoms with Crippen molar-refractivity contribution in [1.29, 1.82) is 0 Å². The van der Waals surface area contributed by atoms with E-state index in [1.54, 1.807) is 4.90 Å². The van der Waals surface area contributed by atoms with Crippen LogP contribution in [0.1, 0.15) is 0 Å². The lowest BCUT2D eigenvalue weighted by molar-refractivity contribution is -0.140. The number of carbonyl (C=O) groups excluding carboxylic acids is 3. The molecule has 0 spiro atoms. The molecule has 3 amide bonds. The first-order valence-electron chi connectivity index (χ1n) is 9.13. The molecule has 0 atom stereocenters. The highest BCUT2D eigenvalue weighted by atomic mass is 16.6. The van der Waals surface area contributed by atoms with Crippen molar-refractivity contribution in [3.8, 4) is 16.9 Å². The third kappa shape index (κ3) is 3.83. The third-order valence-electron chi connectivity index (χ3n) is 4.91. The summed E-state index contributed by atoms with van der Waals surface area (Å²) in [6.45, 7) is 1.08. The Morgan fingerprint density at radius 3 is 2.32 bits per heavy atom. The second kappa shape index (κ2) is 7.72. The summed E-state index contributed by atoms with van der Waals surface area (Å²) in [6.07, 6.45) is -0.600. The molecule has 4 rings (SSSR count). The maximum Gasteiger partial charge on any atom is 0.417 e. The van der Waals surface area contributed by atoms with E-state index in [1.807, 2.05) is 54.6 Å². The Labute approximate surface area is 162 Å². The predicted molar refractivity (Wildman–Crippen MR) is 101 cm³/mol. The topological polar surface area (TPSA) is 76.2 Å². The Kier molecular flexibility index (Phi) is 4.97. The van der Waals surface area contributed by atoms with Gasteiger partial charge in [0, 0.05) is 25.6 Å². The summed E-state index contributed by atoms with van der Waals surface area (Å²) < 4.78 is 10.3. The predicted octanol–water partition coefficient (Wildman–Crippen LogP) is 2.17. The Hall–Kier alpha value is -3.35. The molecule has 2 saturated heterocycles. The lowest BCUT2D eigenvalue weighted by Crippen LogP contribution is -2.55. The number of ether oxygens (including phenoxy) is 2. The molecule has 7 nitrogen and oxygen atoms in total. The van der Waals surface area contributed by atoms with Crippen molar-refractivity contribution in [2.45, 2.75) is 0 Å². The molecule has 2 fully saturated rings. The molecule has 0 saturated carbocycles. The number of nitrogens with zero attached hydrogens (tertiary/aromatic N) is 2. The molecule has 28 heavy (non-hydrogen) atoms. The van der Waals surface area contributed by atoms with Crippen molar-refractivity contribution in [3.63, 3.8) is 0 Å². The minimum atomic E-state index is -0.600. The molecule has 2 aliphatic heterocycles. The van der Waals surface area contributed by atoms with Gasteiger partial charge in [-0.15, -0.1) is 0 Å². The van der Waals surface area contributed by atoms with Gasteiger partial charge in [0.2, 0.25) is 0 Å². The van der Waals surface area contributed by atoms with Crippen LogP contribution in [0.4, 0.5) is 4.79 Å². The summed E-state index contributed by atoms with van der Waals surface area (Å²) >= 11 is 0. The summed E-state index contributed by atoms with van der Waals surface area (Å²) in [5, 5.41) is 0. The van der Waals surface area contributed by atoms with Crippen LogP contribution in [-0.4, -0.2) is 60.6 Å². The molecule has 144 valence electrons. The molecule has 0 unspecified atom stereocenters. The van der Waals surface area contributed by atoms with Crippen LogP contribution in [0.25, 0.3) is 11.1 Å². The molecule has 0 bridgehead atoms. The minimum Gasteiger partial charge on any atom is -0.484 e. The monoisotopic (exact) mass is 380 g/mol. The molecule has 0 N–H and O–H groups in total. The summed E-state index contributed by atoms with van der Waals surface area (Å²) in [5.74, 6) is 0.287. The van der Waals surface area contributed by atoms with Gasteiger partial charge >= 0.3 is 6.09 Å². The van der Waals surface area contributed by atoms with Crippen LogP contribution < -0.4 is 4.74 Å². The van der Waals surface area contributed by atoms with Crippen molar-refractivity contribution in [2.75, 3.05) is 32.8 Å². The van der Waals surface area contributed by atoms with Crippen LogP contribution in [0.3, 0.4) is 0 Å². The molecule has 2 aromatic carbocycles. The number of imide groups is 1. The van der Waals surface area contributed by atoms with Gasteiger partial charge in [-0.1, -0.05) is 42.5 Å². The number of benzene rings is 2. The average Bonchev–Trinajstić information content (AvgIpc) is 3.01. The molecular formula is C21H20N2O5. The smallest absolute Gasteiger partial charge is 0.417 e. The van der Waals surface area contributed by atoms with Gasteiger partial charge in [0.1, 0.15) is 5.75 Å². The number of carbonyl (C=O) groups is 3. The van der Waals surface area contributed by atoms with Crippen LogP contribution >= 0.6 is 0 Å². The summed E-state index contributed by atoms with van der Waals surface area (Å²) in [4.78, 5) is 38.0. The van der Waals surface area contributed by atoms with Gasteiger partial charge < -0.3 is 14.4 Å². The van der Waals surface area contributed by atoms with E-state index >= 15 is 0 Å². The van der Waals surface area contributed by atoms with E-state index in [-0.39, 0.29) is 30.9 Å². The molecule has 0 radical (unpaired) electrons. The molecule has 7 heteroatoms. The molecule has 0 aliphatic carbocycles. The second-order valence-corrected chi connectivity index (χ2v) is 6.90. The largest absolute Gasteiger partial charge is 0.484 e. The van der Waals surface area contributed by atoms with E-state index < -0.39 is 6.09 Å². The summed E-state index contributed by atoms with van der Waals surface area (Å²) in [5.41, 5.74) is 2.21. The second-order valence-electron chi connectivity index (χ2n) is 6.90. The summed E-state index contributed by atoms with van der Waals surface area (Å²) in [7, 11) is 0. The van der Waals surface area contributed by atoms with Gasteiger partial charge in [-0.05, 0) is 23.3 Å². The summed E-state index contributed by atoms with van der Waals surface area (Å²) in [6, 6.07) is 17.6. The average molecular weight is 380 g/mol. The Bertz CT molecular complexity index is 859. The van der Waals surface area contributed by atoms with E-state index in [0.717, 1.165) is 16.0 Å². The van der Waals surface area contributed by atoms with E-state index in [2.05, 4.69) is 4.74 Å². The normalized spacial score (nSPS) is 16.7. The van der Waals surface area contributed by atoms with E-state index in [9.17, 15) is 14.4 Å². The molecule has 2 aliphatic rings. The minimum absolute atomic E-state index is 0.0396. The zero-order valence-electron chi connectivity index (χ0n) is 15.2. The fourth-order valence-electron chi connectivity index (χ4n) is 3.32. The first kappa shape index (κ1) is 18.0. The zero-order chi connectivity index (χ0) is 19.5. The van der Waals surface area contributed by atoms with Crippen LogP contribution in [-0.2, 0) is 14.3 Å². The van der Waals surface area contributed by atoms with Gasteiger partial charge in [0.25, 0.3) is 11.8 Å². The number of hydrogen-bond acceptors (Lipinski definition) is 5. The number of hydrogen-bond donors (Lipinski definition) is 0. The molecule has 2 aromatic rings. The SMILES string of the molecule is O=C(COc1ccc(-c2ccccc2)cc1)N1CC(CN2C(=O)COC2=O)C1. The highest BCUT2D eigenvalue weighted by Gasteiger charge is 2.38. The maximum atomic E-state index is 12.2.